The van der Waals surface area contributed by atoms with Crippen molar-refractivity contribution in [3.8, 4) is 0 Å². The average molecular weight is 343 g/mol. The number of hydrogen-bond donors (Lipinski definition) is 2. The number of urea groups is 1. The van der Waals surface area contributed by atoms with E-state index in [1.807, 2.05) is 25.1 Å². The number of amides is 4. The molecule has 1 aliphatic heterocycles. The zero-order valence-electron chi connectivity index (χ0n) is 14.6. The van der Waals surface area contributed by atoms with Crippen molar-refractivity contribution < 1.29 is 14.4 Å². The van der Waals surface area contributed by atoms with E-state index in [0.29, 0.717) is 0 Å². The molecule has 2 fully saturated rings. The van der Waals surface area contributed by atoms with Crippen LogP contribution < -0.4 is 10.6 Å². The minimum Gasteiger partial charge on any atom is -0.354 e. The van der Waals surface area contributed by atoms with Gasteiger partial charge in [-0.1, -0.05) is 49.1 Å². The molecular weight excluding hydrogens is 318 g/mol. The Bertz CT molecular complexity index is 664. The lowest BCUT2D eigenvalue weighted by atomic mass is 9.68. The standard InChI is InChI=1S/C19H25N3O3/c1-14-6-5-7-15(12-14)19(8-3-2-4-9-19)17(24)20-10-11-22-16(23)13-21-18(22)25/h5-7,12H,2-4,8-11,13H2,1H3,(H,20,24)(H,21,25). The lowest BCUT2D eigenvalue weighted by Gasteiger charge is -2.36. The fraction of sp³-hybridized carbons (Fsp3) is 0.526. The van der Waals surface area contributed by atoms with Crippen LogP contribution >= 0.6 is 0 Å². The van der Waals surface area contributed by atoms with Crippen LogP contribution in [0.3, 0.4) is 0 Å². The SMILES string of the molecule is Cc1cccc(C2(C(=O)NCCN3C(=O)CNC3=O)CCCCC2)c1. The minimum absolute atomic E-state index is 0.00449. The van der Waals surface area contributed by atoms with Gasteiger partial charge >= 0.3 is 6.03 Å². The van der Waals surface area contributed by atoms with Gasteiger partial charge in [-0.3, -0.25) is 14.5 Å². The summed E-state index contributed by atoms with van der Waals surface area (Å²) in [6.07, 6.45) is 4.91. The van der Waals surface area contributed by atoms with Gasteiger partial charge in [-0.25, -0.2) is 4.79 Å². The molecule has 1 saturated carbocycles. The Balaban J connectivity index is 1.70. The van der Waals surface area contributed by atoms with Gasteiger partial charge in [0.05, 0.1) is 12.0 Å². The fourth-order valence-electron chi connectivity index (χ4n) is 3.88. The van der Waals surface area contributed by atoms with E-state index >= 15 is 0 Å². The first-order valence-corrected chi connectivity index (χ1v) is 8.96. The summed E-state index contributed by atoms with van der Waals surface area (Å²) in [6, 6.07) is 7.79. The monoisotopic (exact) mass is 343 g/mol. The lowest BCUT2D eigenvalue weighted by Crippen LogP contribution is -2.48. The van der Waals surface area contributed by atoms with Crippen LogP contribution in [0.4, 0.5) is 4.79 Å². The Hall–Kier alpha value is -2.37. The third-order valence-electron chi connectivity index (χ3n) is 5.27. The Kier molecular flexibility index (Phi) is 5.06. The third kappa shape index (κ3) is 3.52. The maximum Gasteiger partial charge on any atom is 0.324 e. The second kappa shape index (κ2) is 7.25. The Morgan fingerprint density at radius 2 is 2.00 bits per heavy atom. The van der Waals surface area contributed by atoms with E-state index < -0.39 is 5.41 Å². The van der Waals surface area contributed by atoms with Crippen molar-refractivity contribution in [3.05, 3.63) is 35.4 Å². The zero-order valence-corrected chi connectivity index (χ0v) is 14.6. The highest BCUT2D eigenvalue weighted by Crippen LogP contribution is 2.40. The van der Waals surface area contributed by atoms with Crippen molar-refractivity contribution in [2.75, 3.05) is 19.6 Å². The van der Waals surface area contributed by atoms with Gasteiger partial charge in [0.25, 0.3) is 0 Å². The highest BCUT2D eigenvalue weighted by molar-refractivity contribution is 6.02. The first-order chi connectivity index (χ1) is 12.0. The van der Waals surface area contributed by atoms with E-state index in [1.165, 1.54) is 0 Å². The molecule has 1 heterocycles. The summed E-state index contributed by atoms with van der Waals surface area (Å²) in [5.74, 6) is -0.241. The smallest absolute Gasteiger partial charge is 0.324 e. The highest BCUT2D eigenvalue weighted by Gasteiger charge is 2.41. The van der Waals surface area contributed by atoms with Gasteiger partial charge in [0.2, 0.25) is 11.8 Å². The molecule has 1 saturated heterocycles. The van der Waals surface area contributed by atoms with Gasteiger partial charge in [0, 0.05) is 13.1 Å². The van der Waals surface area contributed by atoms with E-state index in [9.17, 15) is 14.4 Å². The summed E-state index contributed by atoms with van der Waals surface area (Å²) >= 11 is 0. The number of nitrogens with zero attached hydrogens (tertiary/aromatic N) is 1. The molecule has 0 unspecified atom stereocenters. The van der Waals surface area contributed by atoms with Crippen LogP contribution in [0.25, 0.3) is 0 Å². The molecule has 1 aromatic rings. The van der Waals surface area contributed by atoms with Gasteiger partial charge in [-0.05, 0) is 25.3 Å². The molecule has 0 bridgehead atoms. The second-order valence-electron chi connectivity index (χ2n) is 6.97. The average Bonchev–Trinajstić information content (AvgIpc) is 2.94. The first-order valence-electron chi connectivity index (χ1n) is 8.96. The first kappa shape index (κ1) is 17.5. The van der Waals surface area contributed by atoms with Crippen LogP contribution in [0.5, 0.6) is 0 Å². The van der Waals surface area contributed by atoms with Crippen LogP contribution in [0.2, 0.25) is 0 Å². The van der Waals surface area contributed by atoms with Gasteiger partial charge < -0.3 is 10.6 Å². The number of benzene rings is 1. The van der Waals surface area contributed by atoms with Gasteiger partial charge in [0.1, 0.15) is 0 Å². The van der Waals surface area contributed by atoms with Gasteiger partial charge in [-0.2, -0.15) is 0 Å². The van der Waals surface area contributed by atoms with Crippen molar-refractivity contribution in [2.45, 2.75) is 44.4 Å². The van der Waals surface area contributed by atoms with Crippen LogP contribution in [-0.4, -0.2) is 42.4 Å². The van der Waals surface area contributed by atoms with Gasteiger partial charge in [-0.15, -0.1) is 0 Å². The maximum absolute atomic E-state index is 13.1. The molecule has 0 aromatic heterocycles. The summed E-state index contributed by atoms with van der Waals surface area (Å²) in [5, 5.41) is 5.45. The lowest BCUT2D eigenvalue weighted by molar-refractivity contribution is -0.129. The number of nitrogens with one attached hydrogen (secondary N) is 2. The van der Waals surface area contributed by atoms with E-state index in [4.69, 9.17) is 0 Å². The largest absolute Gasteiger partial charge is 0.354 e. The Morgan fingerprint density at radius 1 is 1.24 bits per heavy atom. The molecule has 6 heteroatoms. The minimum atomic E-state index is -0.498. The summed E-state index contributed by atoms with van der Waals surface area (Å²) in [6.45, 7) is 2.57. The van der Waals surface area contributed by atoms with Crippen molar-refractivity contribution >= 4 is 17.8 Å². The predicted molar refractivity (Wildman–Crippen MR) is 94.1 cm³/mol. The normalized spacial score (nSPS) is 19.6. The molecular formula is C19H25N3O3. The second-order valence-corrected chi connectivity index (χ2v) is 6.97. The quantitative estimate of drug-likeness (QED) is 0.801. The van der Waals surface area contributed by atoms with E-state index in [0.717, 1.165) is 48.1 Å². The zero-order chi connectivity index (χ0) is 17.9. The number of carbonyl (C=O) groups excluding carboxylic acids is 3. The molecule has 6 nitrogen and oxygen atoms in total. The van der Waals surface area contributed by atoms with Crippen molar-refractivity contribution in [3.63, 3.8) is 0 Å². The van der Waals surface area contributed by atoms with E-state index in [-0.39, 0.29) is 37.5 Å². The van der Waals surface area contributed by atoms with Crippen LogP contribution in [0, 0.1) is 6.92 Å². The molecule has 0 atom stereocenters. The van der Waals surface area contributed by atoms with E-state index in [2.05, 4.69) is 16.7 Å². The molecule has 1 aromatic carbocycles. The molecule has 3 rings (SSSR count). The van der Waals surface area contributed by atoms with Crippen LogP contribution in [-0.2, 0) is 15.0 Å². The van der Waals surface area contributed by atoms with Crippen LogP contribution in [0.15, 0.2) is 24.3 Å². The molecule has 2 N–H and O–H groups in total. The predicted octanol–water partition coefficient (Wildman–Crippen LogP) is 1.86. The number of rotatable bonds is 5. The molecule has 2 aliphatic rings. The van der Waals surface area contributed by atoms with Gasteiger partial charge in [0.15, 0.2) is 0 Å². The topological polar surface area (TPSA) is 78.5 Å². The number of carbonyl (C=O) groups is 3. The molecule has 0 spiro atoms. The maximum atomic E-state index is 13.1. The molecule has 134 valence electrons. The summed E-state index contributed by atoms with van der Waals surface area (Å²) in [7, 11) is 0. The number of aryl methyl sites for hydroxylation is 1. The van der Waals surface area contributed by atoms with Crippen molar-refractivity contribution in [2.24, 2.45) is 0 Å². The molecule has 4 amide bonds. The summed E-state index contributed by atoms with van der Waals surface area (Å²) in [4.78, 5) is 37.4. The summed E-state index contributed by atoms with van der Waals surface area (Å²) in [5.41, 5.74) is 1.72. The van der Waals surface area contributed by atoms with Crippen molar-refractivity contribution in [1.82, 2.24) is 15.5 Å². The molecule has 25 heavy (non-hydrogen) atoms. The third-order valence-corrected chi connectivity index (χ3v) is 5.27. The molecule has 0 radical (unpaired) electrons. The van der Waals surface area contributed by atoms with Crippen LogP contribution in [0.1, 0.15) is 43.2 Å². The van der Waals surface area contributed by atoms with Crippen molar-refractivity contribution in [1.29, 1.82) is 0 Å². The fourth-order valence-corrected chi connectivity index (χ4v) is 3.88. The summed E-state index contributed by atoms with van der Waals surface area (Å²) < 4.78 is 0. The Labute approximate surface area is 148 Å². The number of hydrogen-bond acceptors (Lipinski definition) is 3. The van der Waals surface area contributed by atoms with E-state index in [1.54, 1.807) is 0 Å². The number of imide groups is 1. The molecule has 1 aliphatic carbocycles. The highest BCUT2D eigenvalue weighted by atomic mass is 16.2. The Morgan fingerprint density at radius 3 is 2.64 bits per heavy atom.